The first-order valence-electron chi connectivity index (χ1n) is 7.72. The molecule has 0 saturated carbocycles. The third-order valence-corrected chi connectivity index (χ3v) is 4.97. The molecule has 2 N–H and O–H groups in total. The summed E-state index contributed by atoms with van der Waals surface area (Å²) in [6.45, 7) is 1.26. The quantitative estimate of drug-likeness (QED) is 0.685. The summed E-state index contributed by atoms with van der Waals surface area (Å²) >= 11 is 0. The van der Waals surface area contributed by atoms with Gasteiger partial charge in [0.15, 0.2) is 0 Å². The van der Waals surface area contributed by atoms with Crippen LogP contribution in [-0.4, -0.2) is 26.1 Å². The largest absolute Gasteiger partial charge is 0.360 e. The van der Waals surface area contributed by atoms with Gasteiger partial charge in [0.05, 0.1) is 12.1 Å². The zero-order valence-corrected chi connectivity index (χ0v) is 14.7. The first-order valence-corrected chi connectivity index (χ1v) is 9.12. The van der Waals surface area contributed by atoms with Crippen LogP contribution in [0.3, 0.4) is 0 Å². The van der Waals surface area contributed by atoms with E-state index in [0.29, 0.717) is 11.5 Å². The van der Waals surface area contributed by atoms with Crippen LogP contribution in [0.5, 0.6) is 0 Å². The van der Waals surface area contributed by atoms with Crippen molar-refractivity contribution in [2.45, 2.75) is 11.8 Å². The van der Waals surface area contributed by atoms with Crippen LogP contribution >= 0.6 is 0 Å². The number of aromatic nitrogens is 1. The van der Waals surface area contributed by atoms with Crippen molar-refractivity contribution >= 4 is 16.1 Å². The minimum atomic E-state index is -4.20. The Morgan fingerprint density at radius 3 is 2.35 bits per heavy atom. The maximum absolute atomic E-state index is 12.0. The molecule has 1 heterocycles. The summed E-state index contributed by atoms with van der Waals surface area (Å²) in [5.74, 6) is -0.413. The number of benzene rings is 2. The Kier molecular flexibility index (Phi) is 4.88. The molecular formula is C18H16N2O5S. The lowest BCUT2D eigenvalue weighted by Gasteiger charge is -2.07. The van der Waals surface area contributed by atoms with Gasteiger partial charge in [0, 0.05) is 5.56 Å². The summed E-state index contributed by atoms with van der Waals surface area (Å²) in [6.07, 6.45) is 0. The Labute approximate surface area is 150 Å². The number of carbonyl (C=O) groups excluding carboxylic acids is 1. The summed E-state index contributed by atoms with van der Waals surface area (Å²) in [6, 6.07) is 15.4. The molecule has 2 aromatic carbocycles. The summed E-state index contributed by atoms with van der Waals surface area (Å²) in [7, 11) is -4.20. The van der Waals surface area contributed by atoms with Crippen LogP contribution in [0.1, 0.15) is 5.76 Å². The van der Waals surface area contributed by atoms with E-state index < -0.39 is 22.6 Å². The highest BCUT2D eigenvalue weighted by molar-refractivity contribution is 7.87. The van der Waals surface area contributed by atoms with Crippen LogP contribution in [0.25, 0.3) is 22.4 Å². The fourth-order valence-electron chi connectivity index (χ4n) is 2.50. The molecule has 0 aliphatic heterocycles. The minimum Gasteiger partial charge on any atom is -0.360 e. The standard InChI is InChI=1S/C18H16N2O5S/c1-12-17(18(20-24-12)14-5-3-2-4-6-14)13-7-9-15(10-8-13)26(22,23)25-16(21)11-19/h2-10H,11,19H2,1H3. The summed E-state index contributed by atoms with van der Waals surface area (Å²) in [5.41, 5.74) is 8.11. The van der Waals surface area contributed by atoms with Crippen molar-refractivity contribution in [3.05, 3.63) is 60.4 Å². The predicted octanol–water partition coefficient (Wildman–Crippen LogP) is 2.51. The number of nitrogens with zero attached hydrogens (tertiary/aromatic N) is 1. The number of nitrogens with two attached hydrogens (primary N) is 1. The maximum atomic E-state index is 12.0. The molecule has 0 spiro atoms. The summed E-state index contributed by atoms with van der Waals surface area (Å²) < 4.78 is 33.8. The second-order valence-electron chi connectivity index (χ2n) is 5.47. The van der Waals surface area contributed by atoms with Gasteiger partial charge in [0.1, 0.15) is 16.3 Å². The van der Waals surface area contributed by atoms with E-state index in [0.717, 1.165) is 16.7 Å². The molecule has 7 nitrogen and oxygen atoms in total. The van der Waals surface area contributed by atoms with Crippen molar-refractivity contribution in [1.82, 2.24) is 5.16 Å². The van der Waals surface area contributed by atoms with Gasteiger partial charge in [-0.05, 0) is 24.6 Å². The van der Waals surface area contributed by atoms with Gasteiger partial charge in [-0.3, -0.25) is 0 Å². The minimum absolute atomic E-state index is 0.140. The van der Waals surface area contributed by atoms with Crippen molar-refractivity contribution in [3.63, 3.8) is 0 Å². The van der Waals surface area contributed by atoms with E-state index in [-0.39, 0.29) is 4.90 Å². The van der Waals surface area contributed by atoms with E-state index in [4.69, 9.17) is 10.3 Å². The number of carbonyl (C=O) groups is 1. The van der Waals surface area contributed by atoms with Gasteiger partial charge in [-0.2, -0.15) is 8.42 Å². The van der Waals surface area contributed by atoms with E-state index in [2.05, 4.69) is 9.34 Å². The van der Waals surface area contributed by atoms with Crippen molar-refractivity contribution in [2.24, 2.45) is 5.73 Å². The molecule has 0 bridgehead atoms. The lowest BCUT2D eigenvalue weighted by molar-refractivity contribution is -0.132. The molecule has 0 amide bonds. The van der Waals surface area contributed by atoms with Crippen molar-refractivity contribution in [2.75, 3.05) is 6.54 Å². The third kappa shape index (κ3) is 3.51. The summed E-state index contributed by atoms with van der Waals surface area (Å²) in [4.78, 5) is 11.0. The smallest absolute Gasteiger partial charge is 0.341 e. The Hall–Kier alpha value is -2.97. The van der Waals surface area contributed by atoms with E-state index in [1.165, 1.54) is 12.1 Å². The topological polar surface area (TPSA) is 112 Å². The van der Waals surface area contributed by atoms with Crippen LogP contribution in [0.15, 0.2) is 64.0 Å². The Morgan fingerprint density at radius 1 is 1.08 bits per heavy atom. The lowest BCUT2D eigenvalue weighted by Crippen LogP contribution is -2.20. The molecule has 0 aliphatic rings. The van der Waals surface area contributed by atoms with E-state index in [1.807, 2.05) is 30.3 Å². The molecule has 0 fully saturated rings. The van der Waals surface area contributed by atoms with Crippen LogP contribution in [-0.2, 0) is 19.1 Å². The average molecular weight is 372 g/mol. The molecule has 3 aromatic rings. The molecule has 1 aromatic heterocycles. The van der Waals surface area contributed by atoms with Crippen LogP contribution in [0.4, 0.5) is 0 Å². The maximum Gasteiger partial charge on any atom is 0.341 e. The molecule has 8 heteroatoms. The number of hydrogen-bond acceptors (Lipinski definition) is 7. The third-order valence-electron chi connectivity index (χ3n) is 3.71. The van der Waals surface area contributed by atoms with Gasteiger partial charge in [-0.15, -0.1) is 0 Å². The van der Waals surface area contributed by atoms with Gasteiger partial charge in [-0.25, -0.2) is 4.79 Å². The first-order chi connectivity index (χ1) is 12.4. The highest BCUT2D eigenvalue weighted by atomic mass is 32.2. The molecule has 134 valence electrons. The number of hydrogen-bond donors (Lipinski definition) is 1. The molecule has 0 radical (unpaired) electrons. The van der Waals surface area contributed by atoms with Gasteiger partial charge in [-0.1, -0.05) is 47.6 Å². The Balaban J connectivity index is 1.98. The normalized spacial score (nSPS) is 11.3. The number of rotatable bonds is 5. The highest BCUT2D eigenvalue weighted by Gasteiger charge is 2.21. The van der Waals surface area contributed by atoms with Gasteiger partial charge in [0.25, 0.3) is 0 Å². The number of aryl methyl sites for hydroxylation is 1. The molecule has 3 rings (SSSR count). The van der Waals surface area contributed by atoms with E-state index in [9.17, 15) is 13.2 Å². The summed E-state index contributed by atoms with van der Waals surface area (Å²) in [5, 5.41) is 4.11. The zero-order valence-electron chi connectivity index (χ0n) is 13.9. The second-order valence-corrected chi connectivity index (χ2v) is 7.01. The first kappa shape index (κ1) is 17.8. The monoisotopic (exact) mass is 372 g/mol. The van der Waals surface area contributed by atoms with Crippen molar-refractivity contribution in [3.8, 4) is 22.4 Å². The van der Waals surface area contributed by atoms with E-state index in [1.54, 1.807) is 19.1 Å². The predicted molar refractivity (Wildman–Crippen MR) is 94.4 cm³/mol. The SMILES string of the molecule is Cc1onc(-c2ccccc2)c1-c1ccc(S(=O)(=O)OC(=O)CN)cc1. The van der Waals surface area contributed by atoms with Crippen LogP contribution < -0.4 is 5.73 Å². The molecular weight excluding hydrogens is 356 g/mol. The lowest BCUT2D eigenvalue weighted by atomic mass is 10.00. The zero-order chi connectivity index (χ0) is 18.7. The average Bonchev–Trinajstić information content (AvgIpc) is 3.03. The van der Waals surface area contributed by atoms with Crippen molar-refractivity contribution in [1.29, 1.82) is 0 Å². The van der Waals surface area contributed by atoms with Crippen molar-refractivity contribution < 1.29 is 21.9 Å². The second kappa shape index (κ2) is 7.11. The van der Waals surface area contributed by atoms with Crippen LogP contribution in [0, 0.1) is 6.92 Å². The van der Waals surface area contributed by atoms with Gasteiger partial charge >= 0.3 is 16.1 Å². The Bertz CT molecular complexity index is 1030. The molecule has 0 unspecified atom stereocenters. The highest BCUT2D eigenvalue weighted by Crippen LogP contribution is 2.34. The van der Waals surface area contributed by atoms with E-state index >= 15 is 0 Å². The molecule has 26 heavy (non-hydrogen) atoms. The fourth-order valence-corrected chi connectivity index (χ4v) is 3.38. The molecule has 0 saturated heterocycles. The van der Waals surface area contributed by atoms with Gasteiger partial charge < -0.3 is 14.4 Å². The Morgan fingerprint density at radius 2 is 1.73 bits per heavy atom. The van der Waals surface area contributed by atoms with Gasteiger partial charge in [0.2, 0.25) is 0 Å². The molecule has 0 aliphatic carbocycles. The fraction of sp³-hybridized carbons (Fsp3) is 0.111. The van der Waals surface area contributed by atoms with Crippen LogP contribution in [0.2, 0.25) is 0 Å². The molecule has 0 atom stereocenters.